The zero-order valence-corrected chi connectivity index (χ0v) is 14.2. The first-order valence-corrected chi connectivity index (χ1v) is 8.27. The molecule has 2 amide bonds. The molecule has 1 aromatic heterocycles. The summed E-state index contributed by atoms with van der Waals surface area (Å²) in [5.74, 6) is -0.660. The highest BCUT2D eigenvalue weighted by atomic mass is 16.5. The van der Waals surface area contributed by atoms with E-state index in [-0.39, 0.29) is 24.6 Å². The van der Waals surface area contributed by atoms with Crippen LogP contribution in [0.4, 0.5) is 0 Å². The van der Waals surface area contributed by atoms with Crippen molar-refractivity contribution in [3.63, 3.8) is 0 Å². The molecular formula is C20H19N3O3. The molecule has 0 atom stereocenters. The Morgan fingerprint density at radius 2 is 1.65 bits per heavy atom. The van der Waals surface area contributed by atoms with Crippen LogP contribution in [0, 0.1) is 0 Å². The van der Waals surface area contributed by atoms with Gasteiger partial charge in [-0.3, -0.25) is 9.59 Å². The van der Waals surface area contributed by atoms with E-state index in [1.54, 1.807) is 6.07 Å². The molecule has 3 rings (SSSR count). The topological polar surface area (TPSA) is 89.4 Å². The fourth-order valence-corrected chi connectivity index (χ4v) is 2.58. The first-order valence-electron chi connectivity index (χ1n) is 8.27. The van der Waals surface area contributed by atoms with Crippen molar-refractivity contribution in [2.24, 2.45) is 5.73 Å². The summed E-state index contributed by atoms with van der Waals surface area (Å²) in [6.07, 6.45) is 0.0816. The van der Waals surface area contributed by atoms with Crippen molar-refractivity contribution in [2.75, 3.05) is 6.54 Å². The number of aromatic nitrogens is 1. The van der Waals surface area contributed by atoms with Crippen molar-refractivity contribution in [3.8, 4) is 11.3 Å². The molecule has 2 aromatic carbocycles. The summed E-state index contributed by atoms with van der Waals surface area (Å²) in [6.45, 7) is 0.568. The van der Waals surface area contributed by atoms with E-state index in [2.05, 4.69) is 5.16 Å². The second kappa shape index (κ2) is 8.11. The lowest BCUT2D eigenvalue weighted by molar-refractivity contribution is -0.118. The van der Waals surface area contributed by atoms with E-state index in [4.69, 9.17) is 10.3 Å². The minimum Gasteiger partial charge on any atom is -0.370 e. The Balaban J connectivity index is 1.80. The van der Waals surface area contributed by atoms with Crippen molar-refractivity contribution in [2.45, 2.75) is 13.0 Å². The molecule has 132 valence electrons. The van der Waals surface area contributed by atoms with Gasteiger partial charge >= 0.3 is 0 Å². The number of nitrogens with two attached hydrogens (primary N) is 1. The molecule has 0 saturated heterocycles. The van der Waals surface area contributed by atoms with Gasteiger partial charge in [0.25, 0.3) is 5.91 Å². The number of primary amides is 1. The average Bonchev–Trinajstić information content (AvgIpc) is 3.16. The van der Waals surface area contributed by atoms with E-state index >= 15 is 0 Å². The van der Waals surface area contributed by atoms with Gasteiger partial charge in [0.15, 0.2) is 0 Å². The maximum absolute atomic E-state index is 12.8. The number of amides is 2. The molecule has 6 heteroatoms. The van der Waals surface area contributed by atoms with Gasteiger partial charge in [-0.15, -0.1) is 0 Å². The summed E-state index contributed by atoms with van der Waals surface area (Å²) in [5, 5.41) is 3.98. The summed E-state index contributed by atoms with van der Waals surface area (Å²) >= 11 is 0. The second-order valence-electron chi connectivity index (χ2n) is 5.87. The van der Waals surface area contributed by atoms with Crippen LogP contribution in [0.3, 0.4) is 0 Å². The summed E-state index contributed by atoms with van der Waals surface area (Å²) in [4.78, 5) is 25.5. The van der Waals surface area contributed by atoms with Crippen LogP contribution >= 0.6 is 0 Å². The zero-order chi connectivity index (χ0) is 18.4. The van der Waals surface area contributed by atoms with Crippen molar-refractivity contribution in [1.82, 2.24) is 10.1 Å². The minimum absolute atomic E-state index is 0.0816. The van der Waals surface area contributed by atoms with E-state index in [9.17, 15) is 9.59 Å². The second-order valence-corrected chi connectivity index (χ2v) is 5.87. The lowest BCUT2D eigenvalue weighted by Crippen LogP contribution is -2.33. The van der Waals surface area contributed by atoms with Crippen LogP contribution in [0.15, 0.2) is 71.3 Å². The monoisotopic (exact) mass is 349 g/mol. The van der Waals surface area contributed by atoms with Gasteiger partial charge in [-0.25, -0.2) is 0 Å². The smallest absolute Gasteiger partial charge is 0.292 e. The summed E-state index contributed by atoms with van der Waals surface area (Å²) in [7, 11) is 0. The molecule has 0 aliphatic carbocycles. The molecule has 1 heterocycles. The Kier molecular flexibility index (Phi) is 5.43. The van der Waals surface area contributed by atoms with E-state index in [1.165, 1.54) is 4.90 Å². The van der Waals surface area contributed by atoms with Crippen molar-refractivity contribution in [1.29, 1.82) is 0 Å². The van der Waals surface area contributed by atoms with Crippen LogP contribution in [-0.2, 0) is 11.3 Å². The first kappa shape index (κ1) is 17.4. The molecule has 0 bridgehead atoms. The average molecular weight is 349 g/mol. The van der Waals surface area contributed by atoms with Crippen LogP contribution in [0.2, 0.25) is 0 Å². The van der Waals surface area contributed by atoms with Crippen LogP contribution in [-0.4, -0.2) is 28.4 Å². The summed E-state index contributed by atoms with van der Waals surface area (Å²) in [5.41, 5.74) is 7.64. The first-order chi connectivity index (χ1) is 12.6. The Morgan fingerprint density at radius 3 is 2.31 bits per heavy atom. The molecule has 3 aromatic rings. The summed E-state index contributed by atoms with van der Waals surface area (Å²) in [6, 6.07) is 20.6. The third-order valence-corrected chi connectivity index (χ3v) is 3.92. The largest absolute Gasteiger partial charge is 0.370 e. The number of carbonyl (C=O) groups excluding carboxylic acids is 2. The molecular weight excluding hydrogens is 330 g/mol. The maximum Gasteiger partial charge on any atom is 0.292 e. The van der Waals surface area contributed by atoms with Crippen LogP contribution < -0.4 is 5.73 Å². The predicted molar refractivity (Wildman–Crippen MR) is 96.9 cm³/mol. The zero-order valence-electron chi connectivity index (χ0n) is 14.2. The molecule has 6 nitrogen and oxygen atoms in total. The normalized spacial score (nSPS) is 10.5. The molecule has 0 spiro atoms. The Morgan fingerprint density at radius 1 is 1.00 bits per heavy atom. The third-order valence-electron chi connectivity index (χ3n) is 3.92. The molecule has 0 unspecified atom stereocenters. The maximum atomic E-state index is 12.8. The fourth-order valence-electron chi connectivity index (χ4n) is 2.58. The minimum atomic E-state index is -0.460. The van der Waals surface area contributed by atoms with Gasteiger partial charge in [0, 0.05) is 31.1 Å². The Bertz CT molecular complexity index is 876. The molecule has 26 heavy (non-hydrogen) atoms. The van der Waals surface area contributed by atoms with Crippen molar-refractivity contribution in [3.05, 3.63) is 78.1 Å². The van der Waals surface area contributed by atoms with Crippen LogP contribution in [0.25, 0.3) is 11.3 Å². The fraction of sp³-hybridized carbons (Fsp3) is 0.150. The van der Waals surface area contributed by atoms with Gasteiger partial charge in [-0.2, -0.15) is 0 Å². The van der Waals surface area contributed by atoms with Gasteiger partial charge in [-0.1, -0.05) is 65.8 Å². The Labute approximate surface area is 151 Å². The van der Waals surface area contributed by atoms with Gasteiger partial charge in [0.05, 0.1) is 0 Å². The number of nitrogens with zero attached hydrogens (tertiary/aromatic N) is 2. The Hall–Kier alpha value is -3.41. The molecule has 0 fully saturated rings. The summed E-state index contributed by atoms with van der Waals surface area (Å²) < 4.78 is 5.25. The van der Waals surface area contributed by atoms with Crippen molar-refractivity contribution >= 4 is 11.8 Å². The number of benzene rings is 2. The van der Waals surface area contributed by atoms with E-state index in [0.717, 1.165) is 11.1 Å². The molecule has 2 N–H and O–H groups in total. The van der Waals surface area contributed by atoms with Gasteiger partial charge in [-0.05, 0) is 5.56 Å². The van der Waals surface area contributed by atoms with E-state index in [0.29, 0.717) is 12.2 Å². The van der Waals surface area contributed by atoms with E-state index in [1.807, 2.05) is 60.7 Å². The predicted octanol–water partition coefficient (Wildman–Crippen LogP) is 2.86. The van der Waals surface area contributed by atoms with Gasteiger partial charge in [0.1, 0.15) is 5.69 Å². The van der Waals surface area contributed by atoms with Gasteiger partial charge in [0.2, 0.25) is 11.7 Å². The lowest BCUT2D eigenvalue weighted by Gasteiger charge is -2.20. The number of carbonyl (C=O) groups is 2. The number of hydrogen-bond donors (Lipinski definition) is 1. The standard InChI is InChI=1S/C20H19N3O3/c21-19(24)11-12-23(14-15-7-3-1-4-8-15)20(25)18-13-17(22-26-18)16-9-5-2-6-10-16/h1-10,13H,11-12,14H2,(H2,21,24). The van der Waals surface area contributed by atoms with Crippen LogP contribution in [0.1, 0.15) is 22.5 Å². The lowest BCUT2D eigenvalue weighted by atomic mass is 10.1. The molecule has 0 saturated carbocycles. The molecule has 0 radical (unpaired) electrons. The van der Waals surface area contributed by atoms with E-state index < -0.39 is 5.91 Å². The van der Waals surface area contributed by atoms with Crippen LogP contribution in [0.5, 0.6) is 0 Å². The van der Waals surface area contributed by atoms with Crippen molar-refractivity contribution < 1.29 is 14.1 Å². The quantitative estimate of drug-likeness (QED) is 0.710. The number of hydrogen-bond acceptors (Lipinski definition) is 4. The molecule has 0 aliphatic heterocycles. The highest BCUT2D eigenvalue weighted by Crippen LogP contribution is 2.20. The highest BCUT2D eigenvalue weighted by molar-refractivity contribution is 5.92. The molecule has 0 aliphatic rings. The van der Waals surface area contributed by atoms with Gasteiger partial charge < -0.3 is 15.2 Å². The SMILES string of the molecule is NC(=O)CCN(Cc1ccccc1)C(=O)c1cc(-c2ccccc2)no1. The third kappa shape index (κ3) is 4.36. The number of rotatable bonds is 7. The highest BCUT2D eigenvalue weighted by Gasteiger charge is 2.21.